The topological polar surface area (TPSA) is 79.8 Å². The van der Waals surface area contributed by atoms with E-state index < -0.39 is 17.6 Å². The standard InChI is InChI=1S/C27H20FN3O3/c28-22-14-12-20(13-15-22)26(32)30-23-8-5-7-21(17-23)27(33)31-29-18-19-6-4-11-25(16-19)34-24-9-2-1-3-10-24/h1-18H,(H,30,32)(H,31,33). The van der Waals surface area contributed by atoms with Crippen LogP contribution in [0.2, 0.25) is 0 Å². The van der Waals surface area contributed by atoms with Crippen molar-refractivity contribution in [3.8, 4) is 11.5 Å². The lowest BCUT2D eigenvalue weighted by Crippen LogP contribution is -2.18. The molecule has 0 unspecified atom stereocenters. The molecule has 0 aliphatic heterocycles. The van der Waals surface area contributed by atoms with Crippen molar-refractivity contribution in [3.63, 3.8) is 0 Å². The molecule has 0 aliphatic rings. The normalized spacial score (nSPS) is 10.6. The number of hydrogen-bond donors (Lipinski definition) is 2. The maximum Gasteiger partial charge on any atom is 0.271 e. The Morgan fingerprint density at radius 2 is 1.47 bits per heavy atom. The number of nitrogens with zero attached hydrogens (tertiary/aromatic N) is 1. The molecule has 0 aliphatic carbocycles. The van der Waals surface area contributed by atoms with Crippen LogP contribution in [0.3, 0.4) is 0 Å². The Bertz CT molecular complexity index is 1320. The predicted molar refractivity (Wildman–Crippen MR) is 129 cm³/mol. The van der Waals surface area contributed by atoms with Crippen molar-refractivity contribution in [1.29, 1.82) is 0 Å². The minimum absolute atomic E-state index is 0.305. The minimum Gasteiger partial charge on any atom is -0.457 e. The van der Waals surface area contributed by atoms with Crippen LogP contribution in [0.4, 0.5) is 10.1 Å². The lowest BCUT2D eigenvalue weighted by molar-refractivity contribution is 0.0953. The van der Waals surface area contributed by atoms with Crippen molar-refractivity contribution in [1.82, 2.24) is 5.43 Å². The second-order valence-corrected chi connectivity index (χ2v) is 7.23. The molecule has 6 nitrogen and oxygen atoms in total. The number of hydrogen-bond acceptors (Lipinski definition) is 4. The van der Waals surface area contributed by atoms with E-state index in [0.29, 0.717) is 22.6 Å². The van der Waals surface area contributed by atoms with Crippen molar-refractivity contribution in [2.75, 3.05) is 5.32 Å². The molecule has 34 heavy (non-hydrogen) atoms. The van der Waals surface area contributed by atoms with Crippen LogP contribution in [0, 0.1) is 5.82 Å². The molecule has 0 saturated heterocycles. The molecular weight excluding hydrogens is 433 g/mol. The summed E-state index contributed by atoms with van der Waals surface area (Å²) < 4.78 is 18.8. The van der Waals surface area contributed by atoms with E-state index in [9.17, 15) is 14.0 Å². The van der Waals surface area contributed by atoms with Crippen molar-refractivity contribution in [3.05, 3.63) is 126 Å². The van der Waals surface area contributed by atoms with Gasteiger partial charge in [-0.15, -0.1) is 0 Å². The van der Waals surface area contributed by atoms with Crippen molar-refractivity contribution in [2.45, 2.75) is 0 Å². The number of halogens is 1. The SMILES string of the molecule is O=C(NN=Cc1cccc(Oc2ccccc2)c1)c1cccc(NC(=O)c2ccc(F)cc2)c1. The van der Waals surface area contributed by atoms with Gasteiger partial charge in [0.05, 0.1) is 6.21 Å². The fraction of sp³-hybridized carbons (Fsp3) is 0. The molecule has 0 bridgehead atoms. The second-order valence-electron chi connectivity index (χ2n) is 7.23. The molecule has 0 atom stereocenters. The summed E-state index contributed by atoms with van der Waals surface area (Å²) in [5.74, 6) is 0.0904. The van der Waals surface area contributed by atoms with E-state index in [1.165, 1.54) is 36.5 Å². The van der Waals surface area contributed by atoms with E-state index >= 15 is 0 Å². The Balaban J connectivity index is 1.36. The van der Waals surface area contributed by atoms with Crippen LogP contribution < -0.4 is 15.5 Å². The Kier molecular flexibility index (Phi) is 7.05. The summed E-state index contributed by atoms with van der Waals surface area (Å²) in [6.45, 7) is 0. The Hall–Kier alpha value is -4.78. The molecule has 4 aromatic carbocycles. The first-order valence-corrected chi connectivity index (χ1v) is 10.4. The molecule has 0 aromatic heterocycles. The zero-order valence-corrected chi connectivity index (χ0v) is 17.9. The summed E-state index contributed by atoms with van der Waals surface area (Å²) in [4.78, 5) is 24.8. The van der Waals surface area contributed by atoms with Gasteiger partial charge in [-0.25, -0.2) is 9.82 Å². The number of rotatable bonds is 7. The summed E-state index contributed by atoms with van der Waals surface area (Å²) in [7, 11) is 0. The third kappa shape index (κ3) is 6.14. The van der Waals surface area contributed by atoms with Gasteiger partial charge in [-0.3, -0.25) is 9.59 Å². The molecule has 2 N–H and O–H groups in total. The summed E-state index contributed by atoms with van der Waals surface area (Å²) in [6.07, 6.45) is 1.51. The minimum atomic E-state index is -0.439. The zero-order valence-electron chi connectivity index (χ0n) is 17.9. The Labute approximate surface area is 195 Å². The zero-order chi connectivity index (χ0) is 23.8. The van der Waals surface area contributed by atoms with Gasteiger partial charge in [-0.2, -0.15) is 5.10 Å². The first-order valence-electron chi connectivity index (χ1n) is 10.4. The van der Waals surface area contributed by atoms with Gasteiger partial charge in [0.2, 0.25) is 0 Å². The van der Waals surface area contributed by atoms with Crippen LogP contribution in [0.5, 0.6) is 11.5 Å². The van der Waals surface area contributed by atoms with Gasteiger partial charge in [-0.05, 0) is 72.3 Å². The van der Waals surface area contributed by atoms with Gasteiger partial charge in [0, 0.05) is 16.8 Å². The van der Waals surface area contributed by atoms with Crippen LogP contribution in [-0.2, 0) is 0 Å². The molecule has 0 spiro atoms. The molecule has 7 heteroatoms. The summed E-state index contributed by atoms with van der Waals surface area (Å²) in [5.41, 5.74) is 4.26. The molecule has 0 saturated carbocycles. The number of carbonyl (C=O) groups excluding carboxylic acids is 2. The van der Waals surface area contributed by atoms with E-state index in [1.54, 1.807) is 24.3 Å². The lowest BCUT2D eigenvalue weighted by atomic mass is 10.1. The van der Waals surface area contributed by atoms with E-state index in [2.05, 4.69) is 15.8 Å². The molecule has 4 aromatic rings. The molecule has 0 heterocycles. The first-order chi connectivity index (χ1) is 16.6. The lowest BCUT2D eigenvalue weighted by Gasteiger charge is -2.07. The van der Waals surface area contributed by atoms with Gasteiger partial charge in [-0.1, -0.05) is 36.4 Å². The fourth-order valence-corrected chi connectivity index (χ4v) is 3.06. The van der Waals surface area contributed by atoms with E-state index in [-0.39, 0.29) is 0 Å². The van der Waals surface area contributed by atoms with Crippen LogP contribution in [0.25, 0.3) is 0 Å². The van der Waals surface area contributed by atoms with Crippen molar-refractivity contribution >= 4 is 23.7 Å². The van der Waals surface area contributed by atoms with Crippen molar-refractivity contribution in [2.24, 2.45) is 5.10 Å². The number of hydrazone groups is 1. The van der Waals surface area contributed by atoms with E-state index in [1.807, 2.05) is 48.5 Å². The third-order valence-corrected chi connectivity index (χ3v) is 4.71. The highest BCUT2D eigenvalue weighted by Crippen LogP contribution is 2.21. The van der Waals surface area contributed by atoms with Crippen LogP contribution in [0.15, 0.2) is 108 Å². The molecule has 0 fully saturated rings. The highest BCUT2D eigenvalue weighted by Gasteiger charge is 2.09. The fourth-order valence-electron chi connectivity index (χ4n) is 3.06. The first kappa shape index (κ1) is 22.4. The predicted octanol–water partition coefficient (Wildman–Crippen LogP) is 5.63. The maximum atomic E-state index is 13.0. The van der Waals surface area contributed by atoms with Crippen LogP contribution in [-0.4, -0.2) is 18.0 Å². The van der Waals surface area contributed by atoms with Crippen molar-refractivity contribution < 1.29 is 18.7 Å². The summed E-state index contributed by atoms with van der Waals surface area (Å²) in [5, 5.41) is 6.70. The smallest absolute Gasteiger partial charge is 0.271 e. The number of amides is 2. The van der Waals surface area contributed by atoms with Gasteiger partial charge >= 0.3 is 0 Å². The number of anilines is 1. The number of carbonyl (C=O) groups is 2. The number of ether oxygens (including phenoxy) is 1. The average Bonchev–Trinajstić information content (AvgIpc) is 2.85. The second kappa shape index (κ2) is 10.7. The van der Waals surface area contributed by atoms with Gasteiger partial charge in [0.15, 0.2) is 0 Å². The molecule has 2 amide bonds. The third-order valence-electron chi connectivity index (χ3n) is 4.71. The molecular formula is C27H20FN3O3. The number of nitrogens with one attached hydrogen (secondary N) is 2. The van der Waals surface area contributed by atoms with Gasteiger partial charge in [0.25, 0.3) is 11.8 Å². The Morgan fingerprint density at radius 1 is 0.735 bits per heavy atom. The largest absolute Gasteiger partial charge is 0.457 e. The van der Waals surface area contributed by atoms with E-state index in [0.717, 1.165) is 11.3 Å². The van der Waals surface area contributed by atoms with Crippen LogP contribution >= 0.6 is 0 Å². The highest BCUT2D eigenvalue weighted by molar-refractivity contribution is 6.05. The monoisotopic (exact) mass is 453 g/mol. The van der Waals surface area contributed by atoms with Gasteiger partial charge in [0.1, 0.15) is 17.3 Å². The Morgan fingerprint density at radius 3 is 2.26 bits per heavy atom. The van der Waals surface area contributed by atoms with Gasteiger partial charge < -0.3 is 10.1 Å². The quantitative estimate of drug-likeness (QED) is 0.281. The van der Waals surface area contributed by atoms with E-state index in [4.69, 9.17) is 4.74 Å². The summed E-state index contributed by atoms with van der Waals surface area (Å²) in [6, 6.07) is 28.3. The molecule has 168 valence electrons. The maximum absolute atomic E-state index is 13.0. The number of para-hydroxylation sites is 1. The average molecular weight is 453 g/mol. The molecule has 4 rings (SSSR count). The number of benzene rings is 4. The summed E-state index contributed by atoms with van der Waals surface area (Å²) >= 11 is 0. The molecule has 0 radical (unpaired) electrons. The highest BCUT2D eigenvalue weighted by atomic mass is 19.1. The van der Waals surface area contributed by atoms with Crippen LogP contribution in [0.1, 0.15) is 26.3 Å².